The van der Waals surface area contributed by atoms with Crippen LogP contribution in [0.1, 0.15) is 73.1 Å². The molecule has 0 aromatic heterocycles. The Labute approximate surface area is 159 Å². The zero-order valence-corrected chi connectivity index (χ0v) is 17.4. The molecule has 0 bridgehead atoms. The van der Waals surface area contributed by atoms with E-state index in [-0.39, 0.29) is 12.0 Å². The number of unbranched alkanes of at least 4 members (excludes halogenated alkanes) is 1. The van der Waals surface area contributed by atoms with Crippen molar-refractivity contribution in [1.82, 2.24) is 9.80 Å². The minimum atomic E-state index is -0.435. The minimum absolute atomic E-state index is 0.153. The lowest BCUT2D eigenvalue weighted by Gasteiger charge is -2.36. The van der Waals surface area contributed by atoms with E-state index in [1.807, 2.05) is 25.7 Å². The van der Waals surface area contributed by atoms with E-state index in [0.29, 0.717) is 17.7 Å². The van der Waals surface area contributed by atoms with E-state index >= 15 is 0 Å². The molecule has 2 atom stereocenters. The van der Waals surface area contributed by atoms with Gasteiger partial charge in [0.25, 0.3) is 0 Å². The summed E-state index contributed by atoms with van der Waals surface area (Å²) in [7, 11) is 0. The highest BCUT2D eigenvalue weighted by Crippen LogP contribution is 2.33. The molecule has 0 aromatic rings. The molecule has 0 spiro atoms. The van der Waals surface area contributed by atoms with Crippen LogP contribution in [0.25, 0.3) is 0 Å². The predicted molar refractivity (Wildman–Crippen MR) is 104 cm³/mol. The summed E-state index contributed by atoms with van der Waals surface area (Å²) >= 11 is 0. The molecule has 0 aliphatic carbocycles. The average Bonchev–Trinajstić information content (AvgIpc) is 3.08. The smallest absolute Gasteiger partial charge is 0.410 e. The van der Waals surface area contributed by atoms with E-state index in [4.69, 9.17) is 4.74 Å². The molecule has 2 aliphatic heterocycles. The highest BCUT2D eigenvalue weighted by Gasteiger charge is 2.36. The van der Waals surface area contributed by atoms with Crippen molar-refractivity contribution < 1.29 is 14.3 Å². The van der Waals surface area contributed by atoms with Gasteiger partial charge in [0, 0.05) is 32.1 Å². The molecule has 26 heavy (non-hydrogen) atoms. The summed E-state index contributed by atoms with van der Waals surface area (Å²) in [5.41, 5.74) is -0.435. The summed E-state index contributed by atoms with van der Waals surface area (Å²) in [6.45, 7) is 13.3. The first-order valence-corrected chi connectivity index (χ1v) is 10.5. The number of nitrogens with zero attached hydrogens (tertiary/aromatic N) is 2. The molecule has 0 radical (unpaired) electrons. The number of ether oxygens (including phenoxy) is 1. The van der Waals surface area contributed by atoms with Gasteiger partial charge in [-0.05, 0) is 58.3 Å². The normalized spacial score (nSPS) is 23.2. The van der Waals surface area contributed by atoms with Crippen LogP contribution in [0.4, 0.5) is 4.79 Å². The second-order valence-corrected chi connectivity index (χ2v) is 9.18. The van der Waals surface area contributed by atoms with Gasteiger partial charge < -0.3 is 14.5 Å². The monoisotopic (exact) mass is 366 g/mol. The lowest BCUT2D eigenvalue weighted by Crippen LogP contribution is -2.43. The van der Waals surface area contributed by atoms with Gasteiger partial charge >= 0.3 is 6.09 Å². The predicted octanol–water partition coefficient (Wildman–Crippen LogP) is 4.31. The molecule has 0 unspecified atom stereocenters. The van der Waals surface area contributed by atoms with Crippen molar-refractivity contribution in [3.63, 3.8) is 0 Å². The SMILES string of the molecule is CCCC[C@H](C)C(=O)N1CCC([C@H]2CCN(C(=O)OC(C)(C)C)C2)CC1. The number of amides is 2. The number of likely N-dealkylation sites (tertiary alicyclic amines) is 2. The molecule has 2 amide bonds. The largest absolute Gasteiger partial charge is 0.444 e. The average molecular weight is 367 g/mol. The highest BCUT2D eigenvalue weighted by atomic mass is 16.6. The van der Waals surface area contributed by atoms with Crippen LogP contribution in [0.5, 0.6) is 0 Å². The maximum atomic E-state index is 12.6. The van der Waals surface area contributed by atoms with Crippen molar-refractivity contribution in [2.75, 3.05) is 26.2 Å². The molecule has 0 saturated carbocycles. The Bertz CT molecular complexity index is 478. The quantitative estimate of drug-likeness (QED) is 0.728. The number of rotatable bonds is 5. The third-order valence-corrected chi connectivity index (χ3v) is 5.81. The maximum Gasteiger partial charge on any atom is 0.410 e. The summed E-state index contributed by atoms with van der Waals surface area (Å²) in [6.07, 6.45) is 6.30. The topological polar surface area (TPSA) is 49.9 Å². The van der Waals surface area contributed by atoms with Gasteiger partial charge in [-0.15, -0.1) is 0 Å². The van der Waals surface area contributed by atoms with Crippen LogP contribution in [0.15, 0.2) is 0 Å². The van der Waals surface area contributed by atoms with Gasteiger partial charge in [0.2, 0.25) is 5.91 Å². The Hall–Kier alpha value is -1.26. The Morgan fingerprint density at radius 1 is 1.04 bits per heavy atom. The van der Waals surface area contributed by atoms with Gasteiger partial charge in [0.1, 0.15) is 5.60 Å². The van der Waals surface area contributed by atoms with E-state index in [0.717, 1.165) is 64.7 Å². The van der Waals surface area contributed by atoms with E-state index < -0.39 is 5.60 Å². The van der Waals surface area contributed by atoms with Crippen LogP contribution in [-0.2, 0) is 9.53 Å². The highest BCUT2D eigenvalue weighted by molar-refractivity contribution is 5.78. The zero-order chi connectivity index (χ0) is 19.3. The van der Waals surface area contributed by atoms with Crippen molar-refractivity contribution in [3.05, 3.63) is 0 Å². The zero-order valence-electron chi connectivity index (χ0n) is 17.4. The first-order chi connectivity index (χ1) is 12.2. The lowest BCUT2D eigenvalue weighted by atomic mass is 9.83. The summed E-state index contributed by atoms with van der Waals surface area (Å²) in [6, 6.07) is 0. The molecule has 150 valence electrons. The summed E-state index contributed by atoms with van der Waals surface area (Å²) in [4.78, 5) is 28.7. The minimum Gasteiger partial charge on any atom is -0.444 e. The van der Waals surface area contributed by atoms with Gasteiger partial charge in [0.15, 0.2) is 0 Å². The van der Waals surface area contributed by atoms with Crippen LogP contribution in [0.3, 0.4) is 0 Å². The van der Waals surface area contributed by atoms with Gasteiger partial charge in [-0.25, -0.2) is 4.79 Å². The number of hydrogen-bond donors (Lipinski definition) is 0. The number of carbonyl (C=O) groups excluding carboxylic acids is 2. The molecule has 2 heterocycles. The molecule has 0 N–H and O–H groups in total. The summed E-state index contributed by atoms with van der Waals surface area (Å²) < 4.78 is 5.50. The van der Waals surface area contributed by atoms with E-state index in [9.17, 15) is 9.59 Å². The summed E-state index contributed by atoms with van der Waals surface area (Å²) in [5, 5.41) is 0. The Balaban J connectivity index is 1.76. The molecular weight excluding hydrogens is 328 g/mol. The summed E-state index contributed by atoms with van der Waals surface area (Å²) in [5.74, 6) is 1.66. The van der Waals surface area contributed by atoms with Crippen LogP contribution < -0.4 is 0 Å². The molecule has 2 fully saturated rings. The van der Waals surface area contributed by atoms with Crippen LogP contribution in [-0.4, -0.2) is 53.6 Å². The molecule has 2 rings (SSSR count). The van der Waals surface area contributed by atoms with Crippen molar-refractivity contribution >= 4 is 12.0 Å². The van der Waals surface area contributed by atoms with Gasteiger partial charge in [0.05, 0.1) is 0 Å². The molecule has 5 heteroatoms. The van der Waals surface area contributed by atoms with E-state index in [1.54, 1.807) is 0 Å². The second kappa shape index (κ2) is 9.09. The first-order valence-electron chi connectivity index (χ1n) is 10.5. The molecule has 0 aromatic carbocycles. The Kier molecular flexibility index (Phi) is 7.36. The van der Waals surface area contributed by atoms with E-state index in [2.05, 4.69) is 18.7 Å². The molecule has 2 saturated heterocycles. The molecule has 2 aliphatic rings. The van der Waals surface area contributed by atoms with E-state index in [1.165, 1.54) is 0 Å². The Morgan fingerprint density at radius 3 is 2.19 bits per heavy atom. The first kappa shape index (κ1) is 21.0. The third-order valence-electron chi connectivity index (χ3n) is 5.81. The fourth-order valence-electron chi connectivity index (χ4n) is 4.20. The fourth-order valence-corrected chi connectivity index (χ4v) is 4.20. The maximum absolute atomic E-state index is 12.6. The van der Waals surface area contributed by atoms with Crippen LogP contribution >= 0.6 is 0 Å². The molecule has 5 nitrogen and oxygen atoms in total. The van der Waals surface area contributed by atoms with Crippen molar-refractivity contribution in [1.29, 1.82) is 0 Å². The number of carbonyl (C=O) groups is 2. The lowest BCUT2D eigenvalue weighted by molar-refractivity contribution is -0.136. The second-order valence-electron chi connectivity index (χ2n) is 9.18. The van der Waals surface area contributed by atoms with Gasteiger partial charge in [-0.1, -0.05) is 26.7 Å². The molecular formula is C21H38N2O3. The van der Waals surface area contributed by atoms with Crippen molar-refractivity contribution in [3.8, 4) is 0 Å². The van der Waals surface area contributed by atoms with Crippen molar-refractivity contribution in [2.45, 2.75) is 78.7 Å². The number of piperidine rings is 1. The third kappa shape index (κ3) is 5.88. The van der Waals surface area contributed by atoms with Gasteiger partial charge in [-0.2, -0.15) is 0 Å². The van der Waals surface area contributed by atoms with Crippen molar-refractivity contribution in [2.24, 2.45) is 17.8 Å². The van der Waals surface area contributed by atoms with Gasteiger partial charge in [-0.3, -0.25) is 4.79 Å². The fraction of sp³-hybridized carbons (Fsp3) is 0.905. The van der Waals surface area contributed by atoms with Crippen LogP contribution in [0.2, 0.25) is 0 Å². The standard InChI is InChI=1S/C21H38N2O3/c1-6-7-8-16(2)19(24)22-12-9-17(10-13-22)18-11-14-23(15-18)20(25)26-21(3,4)5/h16-18H,6-15H2,1-5H3/t16-,18-/m0/s1. The Morgan fingerprint density at radius 2 is 1.62 bits per heavy atom. The number of hydrogen-bond acceptors (Lipinski definition) is 3. The van der Waals surface area contributed by atoms with Crippen LogP contribution in [0, 0.1) is 17.8 Å².